The van der Waals surface area contributed by atoms with Gasteiger partial charge in [0.15, 0.2) is 0 Å². The van der Waals surface area contributed by atoms with E-state index >= 15 is 0 Å². The average molecular weight is 414 g/mol. The molecule has 1 aromatic carbocycles. The molecule has 0 aliphatic rings. The molecule has 0 saturated heterocycles. The second-order valence-electron chi connectivity index (χ2n) is 5.02. The Morgan fingerprint density at radius 1 is 1.54 bits per heavy atom. The molecule has 128 valence electrons. The van der Waals surface area contributed by atoms with Crippen LogP contribution in [0.3, 0.4) is 0 Å². The van der Waals surface area contributed by atoms with Crippen molar-refractivity contribution in [3.05, 3.63) is 44.1 Å². The van der Waals surface area contributed by atoms with Crippen molar-refractivity contribution in [2.24, 2.45) is 5.10 Å². The van der Waals surface area contributed by atoms with Crippen LogP contribution in [0.15, 0.2) is 21.0 Å². The maximum atomic E-state index is 13.6. The maximum Gasteiger partial charge on any atom is 0.311 e. The van der Waals surface area contributed by atoms with Crippen LogP contribution in [-0.2, 0) is 16.0 Å². The summed E-state index contributed by atoms with van der Waals surface area (Å²) in [5.41, 5.74) is 5.86. The lowest BCUT2D eigenvalue weighted by Gasteiger charge is -2.08. The Hall–Kier alpha value is -1.80. The van der Waals surface area contributed by atoms with Crippen molar-refractivity contribution in [2.45, 2.75) is 27.2 Å². The van der Waals surface area contributed by atoms with E-state index < -0.39 is 0 Å². The molecular formula is C16H17BrFN3O2S. The topological polar surface area (TPSA) is 63.6 Å². The molecule has 0 atom stereocenters. The number of halogens is 2. The average Bonchev–Trinajstić information content (AvgIpc) is 2.96. The standard InChI is InChI=1S/C16H17BrFN3O2S/c1-4-23-14(22)6-11-8-24-16(20-11)21-19-7-12-9(2)5-13(18)15(17)10(12)3/h5,7-8H,4,6H2,1-3H3,(H,20,21). The summed E-state index contributed by atoms with van der Waals surface area (Å²) in [6, 6.07) is 1.46. The Kier molecular flexibility index (Phi) is 6.44. The molecule has 0 aliphatic heterocycles. The van der Waals surface area contributed by atoms with E-state index in [0.717, 1.165) is 16.7 Å². The highest BCUT2D eigenvalue weighted by atomic mass is 79.9. The fourth-order valence-electron chi connectivity index (χ4n) is 2.07. The summed E-state index contributed by atoms with van der Waals surface area (Å²) >= 11 is 4.57. The Bertz CT molecular complexity index is 777. The number of benzene rings is 1. The zero-order valence-corrected chi connectivity index (χ0v) is 15.9. The minimum Gasteiger partial charge on any atom is -0.466 e. The lowest BCUT2D eigenvalue weighted by molar-refractivity contribution is -0.142. The number of esters is 1. The van der Waals surface area contributed by atoms with Crippen LogP contribution >= 0.6 is 27.3 Å². The molecule has 24 heavy (non-hydrogen) atoms. The smallest absolute Gasteiger partial charge is 0.311 e. The second-order valence-corrected chi connectivity index (χ2v) is 6.67. The number of aryl methyl sites for hydroxylation is 1. The normalized spacial score (nSPS) is 11.0. The molecule has 5 nitrogen and oxygen atoms in total. The van der Waals surface area contributed by atoms with Crippen molar-refractivity contribution in [3.63, 3.8) is 0 Å². The van der Waals surface area contributed by atoms with Gasteiger partial charge in [-0.25, -0.2) is 9.37 Å². The number of nitrogens with one attached hydrogen (secondary N) is 1. The van der Waals surface area contributed by atoms with Gasteiger partial charge in [-0.05, 0) is 53.9 Å². The highest BCUT2D eigenvalue weighted by Gasteiger charge is 2.10. The van der Waals surface area contributed by atoms with Gasteiger partial charge in [-0.15, -0.1) is 11.3 Å². The SMILES string of the molecule is CCOC(=O)Cc1csc(NN=Cc2c(C)cc(F)c(Br)c2C)n1. The van der Waals surface area contributed by atoms with E-state index in [1.165, 1.54) is 17.4 Å². The summed E-state index contributed by atoms with van der Waals surface area (Å²) in [5, 5.41) is 6.50. The Morgan fingerprint density at radius 2 is 2.29 bits per heavy atom. The third-order valence-electron chi connectivity index (χ3n) is 3.25. The third-order valence-corrected chi connectivity index (χ3v) is 5.02. The Morgan fingerprint density at radius 3 is 3.00 bits per heavy atom. The molecule has 0 radical (unpaired) electrons. The van der Waals surface area contributed by atoms with Gasteiger partial charge < -0.3 is 4.74 Å². The summed E-state index contributed by atoms with van der Waals surface area (Å²) in [6.07, 6.45) is 1.76. The van der Waals surface area contributed by atoms with Crippen LogP contribution in [0.2, 0.25) is 0 Å². The summed E-state index contributed by atoms with van der Waals surface area (Å²) in [6.45, 7) is 5.76. The van der Waals surface area contributed by atoms with Gasteiger partial charge >= 0.3 is 5.97 Å². The molecular weight excluding hydrogens is 397 g/mol. The second kappa shape index (κ2) is 8.34. The van der Waals surface area contributed by atoms with Gasteiger partial charge in [0.05, 0.1) is 29.4 Å². The number of hydrogen-bond donors (Lipinski definition) is 1. The number of carbonyl (C=O) groups is 1. The van der Waals surface area contributed by atoms with Crippen LogP contribution in [0.5, 0.6) is 0 Å². The largest absolute Gasteiger partial charge is 0.466 e. The number of aromatic nitrogens is 1. The van der Waals surface area contributed by atoms with Crippen LogP contribution in [0.4, 0.5) is 9.52 Å². The first-order chi connectivity index (χ1) is 11.4. The van der Waals surface area contributed by atoms with Gasteiger partial charge in [-0.2, -0.15) is 5.10 Å². The van der Waals surface area contributed by atoms with Gasteiger partial charge in [0.25, 0.3) is 0 Å². The number of carbonyl (C=O) groups excluding carboxylic acids is 1. The zero-order valence-electron chi connectivity index (χ0n) is 13.5. The number of nitrogens with zero attached hydrogens (tertiary/aromatic N) is 2. The molecule has 0 unspecified atom stereocenters. The fraction of sp³-hybridized carbons (Fsp3) is 0.312. The summed E-state index contributed by atoms with van der Waals surface area (Å²) < 4.78 is 18.9. The molecule has 1 N–H and O–H groups in total. The number of anilines is 1. The van der Waals surface area contributed by atoms with E-state index in [-0.39, 0.29) is 18.2 Å². The van der Waals surface area contributed by atoms with Gasteiger partial charge in [0.1, 0.15) is 5.82 Å². The number of thiazole rings is 1. The van der Waals surface area contributed by atoms with E-state index in [9.17, 15) is 9.18 Å². The predicted molar refractivity (Wildman–Crippen MR) is 97.2 cm³/mol. The molecule has 0 amide bonds. The van der Waals surface area contributed by atoms with E-state index in [1.54, 1.807) is 18.5 Å². The van der Waals surface area contributed by atoms with E-state index in [1.807, 2.05) is 13.8 Å². The van der Waals surface area contributed by atoms with Crippen LogP contribution in [0, 0.1) is 19.7 Å². The van der Waals surface area contributed by atoms with Crippen LogP contribution < -0.4 is 5.43 Å². The van der Waals surface area contributed by atoms with Crippen molar-refractivity contribution < 1.29 is 13.9 Å². The predicted octanol–water partition coefficient (Wildman–Crippen LogP) is 4.21. The Balaban J connectivity index is 2.04. The molecule has 0 spiro atoms. The molecule has 0 bridgehead atoms. The highest BCUT2D eigenvalue weighted by molar-refractivity contribution is 9.10. The number of hydrogen-bond acceptors (Lipinski definition) is 6. The van der Waals surface area contributed by atoms with Gasteiger partial charge in [0, 0.05) is 10.9 Å². The first-order valence-corrected chi connectivity index (χ1v) is 8.94. The van der Waals surface area contributed by atoms with E-state index in [2.05, 4.69) is 31.4 Å². The first kappa shape index (κ1) is 18.5. The highest BCUT2D eigenvalue weighted by Crippen LogP contribution is 2.25. The summed E-state index contributed by atoms with van der Waals surface area (Å²) in [7, 11) is 0. The van der Waals surface area contributed by atoms with Crippen molar-refractivity contribution in [1.29, 1.82) is 0 Å². The molecule has 1 aromatic heterocycles. The van der Waals surface area contributed by atoms with Gasteiger partial charge in [0.2, 0.25) is 5.13 Å². The quantitative estimate of drug-likeness (QED) is 0.437. The van der Waals surface area contributed by atoms with Crippen molar-refractivity contribution in [2.75, 3.05) is 12.0 Å². The van der Waals surface area contributed by atoms with E-state index in [4.69, 9.17) is 4.74 Å². The zero-order chi connectivity index (χ0) is 17.7. The van der Waals surface area contributed by atoms with E-state index in [0.29, 0.717) is 21.9 Å². The monoisotopic (exact) mass is 413 g/mol. The lowest BCUT2D eigenvalue weighted by atomic mass is 10.0. The summed E-state index contributed by atoms with van der Waals surface area (Å²) in [4.78, 5) is 15.7. The van der Waals surface area contributed by atoms with Crippen LogP contribution in [-0.4, -0.2) is 23.8 Å². The molecule has 1 heterocycles. The molecule has 8 heteroatoms. The van der Waals surface area contributed by atoms with Crippen molar-refractivity contribution >= 4 is 44.6 Å². The molecule has 2 aromatic rings. The van der Waals surface area contributed by atoms with Crippen molar-refractivity contribution in [1.82, 2.24) is 4.98 Å². The van der Waals surface area contributed by atoms with Crippen LogP contribution in [0.25, 0.3) is 0 Å². The number of rotatable bonds is 6. The van der Waals surface area contributed by atoms with Gasteiger partial charge in [-0.3, -0.25) is 10.2 Å². The minimum atomic E-state index is -0.305. The van der Waals surface area contributed by atoms with Gasteiger partial charge in [-0.1, -0.05) is 0 Å². The fourth-order valence-corrected chi connectivity index (χ4v) is 3.06. The lowest BCUT2D eigenvalue weighted by Crippen LogP contribution is -2.07. The number of ether oxygens (including phenoxy) is 1. The maximum absolute atomic E-state index is 13.6. The molecule has 2 rings (SSSR count). The summed E-state index contributed by atoms with van der Waals surface area (Å²) in [5.74, 6) is -0.598. The number of hydrazone groups is 1. The molecule has 0 fully saturated rings. The Labute approximate surface area is 152 Å². The first-order valence-electron chi connectivity index (χ1n) is 7.26. The third kappa shape index (κ3) is 4.61. The van der Waals surface area contributed by atoms with Crippen molar-refractivity contribution in [3.8, 4) is 0 Å². The van der Waals surface area contributed by atoms with Crippen LogP contribution in [0.1, 0.15) is 29.3 Å². The molecule has 0 saturated carbocycles. The minimum absolute atomic E-state index is 0.138. The molecule has 0 aliphatic carbocycles.